The van der Waals surface area contributed by atoms with Gasteiger partial charge in [-0.25, -0.2) is 0 Å². The van der Waals surface area contributed by atoms with Crippen LogP contribution in [0, 0.1) is 0 Å². The van der Waals surface area contributed by atoms with Crippen LogP contribution in [0.25, 0.3) is 0 Å². The Hall–Kier alpha value is -1.52. The number of benzene rings is 2. The van der Waals surface area contributed by atoms with Gasteiger partial charge in [-0.1, -0.05) is 48.5 Å². The van der Waals surface area contributed by atoms with E-state index in [0.29, 0.717) is 0 Å². The quantitative estimate of drug-likeness (QED) is 0.436. The lowest BCUT2D eigenvalue weighted by atomic mass is 10.1. The summed E-state index contributed by atoms with van der Waals surface area (Å²) in [6.45, 7) is 1.78. The highest BCUT2D eigenvalue weighted by Gasteiger charge is 1.97. The van der Waals surface area contributed by atoms with Crippen LogP contribution in [-0.2, 0) is 6.42 Å². The van der Waals surface area contributed by atoms with Gasteiger partial charge in [0.1, 0.15) is 0 Å². The van der Waals surface area contributed by atoms with E-state index in [1.165, 1.54) is 10.5 Å². The Bertz CT molecular complexity index is 544. The molecule has 0 amide bonds. The molecule has 0 saturated carbocycles. The fraction of sp³-hybridized carbons (Fsp3) is 0.278. The Labute approximate surface area is 142 Å². The predicted octanol–water partition coefficient (Wildman–Crippen LogP) is 3.88. The van der Waals surface area contributed by atoms with Crippen molar-refractivity contribution in [1.82, 2.24) is 10.6 Å². The third-order valence-electron chi connectivity index (χ3n) is 3.16. The van der Waals surface area contributed by atoms with Gasteiger partial charge in [-0.05, 0) is 48.5 Å². The van der Waals surface area contributed by atoms with E-state index in [2.05, 4.69) is 59.2 Å². The molecule has 0 unspecified atom stereocenters. The molecule has 0 heterocycles. The molecule has 0 bridgehead atoms. The van der Waals surface area contributed by atoms with Gasteiger partial charge in [-0.3, -0.25) is 0 Å². The summed E-state index contributed by atoms with van der Waals surface area (Å²) in [6.07, 6.45) is 2.09. The summed E-state index contributed by atoms with van der Waals surface area (Å²) in [6, 6.07) is 20.9. The Balaban J connectivity index is 1.49. The number of hydrogen-bond donors (Lipinski definition) is 2. The Morgan fingerprint density at radius 2 is 1.50 bits per heavy atom. The van der Waals surface area contributed by atoms with Crippen LogP contribution in [0.15, 0.2) is 65.6 Å². The summed E-state index contributed by atoms with van der Waals surface area (Å²) in [5.74, 6) is 1.10. The van der Waals surface area contributed by atoms with E-state index in [4.69, 9.17) is 12.2 Å². The molecule has 0 aliphatic heterocycles. The fourth-order valence-electron chi connectivity index (χ4n) is 2.01. The minimum Gasteiger partial charge on any atom is -0.363 e. The highest BCUT2D eigenvalue weighted by Crippen LogP contribution is 2.17. The lowest BCUT2D eigenvalue weighted by molar-refractivity contribution is 0.794. The molecule has 4 heteroatoms. The summed E-state index contributed by atoms with van der Waals surface area (Å²) < 4.78 is 0. The maximum atomic E-state index is 5.28. The third kappa shape index (κ3) is 6.96. The van der Waals surface area contributed by atoms with E-state index in [0.717, 1.165) is 36.8 Å². The predicted molar refractivity (Wildman–Crippen MR) is 101 cm³/mol. The van der Waals surface area contributed by atoms with Crippen LogP contribution in [0.3, 0.4) is 0 Å². The van der Waals surface area contributed by atoms with Crippen molar-refractivity contribution in [3.05, 3.63) is 66.2 Å². The minimum absolute atomic E-state index is 0.751. The zero-order valence-electron chi connectivity index (χ0n) is 12.6. The Kier molecular flexibility index (Phi) is 7.85. The van der Waals surface area contributed by atoms with E-state index in [-0.39, 0.29) is 0 Å². The topological polar surface area (TPSA) is 24.1 Å². The summed E-state index contributed by atoms with van der Waals surface area (Å²) in [7, 11) is 0. The first kappa shape index (κ1) is 16.8. The lowest BCUT2D eigenvalue weighted by Crippen LogP contribution is -2.36. The van der Waals surface area contributed by atoms with Gasteiger partial charge in [0.05, 0.1) is 0 Å². The molecule has 0 radical (unpaired) electrons. The maximum Gasteiger partial charge on any atom is 0.166 e. The highest BCUT2D eigenvalue weighted by atomic mass is 32.2. The van der Waals surface area contributed by atoms with Crippen molar-refractivity contribution in [2.75, 3.05) is 18.8 Å². The molecule has 0 spiro atoms. The van der Waals surface area contributed by atoms with Gasteiger partial charge in [0.2, 0.25) is 0 Å². The van der Waals surface area contributed by atoms with Crippen LogP contribution in [-0.4, -0.2) is 24.0 Å². The van der Waals surface area contributed by atoms with Crippen molar-refractivity contribution < 1.29 is 0 Å². The van der Waals surface area contributed by atoms with Gasteiger partial charge < -0.3 is 10.6 Å². The first-order valence-electron chi connectivity index (χ1n) is 7.58. The summed E-state index contributed by atoms with van der Waals surface area (Å²) >= 11 is 7.17. The molecule has 0 fully saturated rings. The van der Waals surface area contributed by atoms with Crippen molar-refractivity contribution in [3.63, 3.8) is 0 Å². The molecule has 2 aromatic rings. The third-order valence-corrected chi connectivity index (χ3v) is 4.55. The van der Waals surface area contributed by atoms with E-state index < -0.39 is 0 Å². The molecular weight excluding hydrogens is 308 g/mol. The molecule has 22 heavy (non-hydrogen) atoms. The fourth-order valence-corrected chi connectivity index (χ4v) is 3.09. The Morgan fingerprint density at radius 3 is 2.23 bits per heavy atom. The molecule has 0 aromatic heterocycles. The number of rotatable bonds is 8. The first-order chi connectivity index (χ1) is 10.8. The number of thioether (sulfide) groups is 1. The van der Waals surface area contributed by atoms with Crippen molar-refractivity contribution >= 4 is 29.1 Å². The second kappa shape index (κ2) is 10.2. The number of thiocarbonyl (C=S) groups is 1. The van der Waals surface area contributed by atoms with Crippen molar-refractivity contribution in [1.29, 1.82) is 0 Å². The lowest BCUT2D eigenvalue weighted by Gasteiger charge is -2.10. The van der Waals surface area contributed by atoms with Gasteiger partial charge >= 0.3 is 0 Å². The average molecular weight is 331 g/mol. The summed E-state index contributed by atoms with van der Waals surface area (Å²) in [5, 5.41) is 7.27. The normalized spacial score (nSPS) is 10.2. The van der Waals surface area contributed by atoms with E-state index in [1.54, 1.807) is 0 Å². The zero-order valence-corrected chi connectivity index (χ0v) is 14.3. The standard InChI is InChI=1S/C18H22N2S2/c21-18(20-14-12-16-8-3-1-4-9-16)19-13-7-15-22-17-10-5-2-6-11-17/h1-6,8-11H,7,12-15H2,(H2,19,20,21). The Morgan fingerprint density at radius 1 is 0.864 bits per heavy atom. The van der Waals surface area contributed by atoms with Gasteiger partial charge in [-0.2, -0.15) is 0 Å². The molecule has 2 nitrogen and oxygen atoms in total. The smallest absolute Gasteiger partial charge is 0.166 e. The van der Waals surface area contributed by atoms with Crippen LogP contribution in [0.5, 0.6) is 0 Å². The molecule has 2 rings (SSSR count). The minimum atomic E-state index is 0.751. The second-order valence-corrected chi connectivity index (χ2v) is 6.51. The van der Waals surface area contributed by atoms with Crippen molar-refractivity contribution in [3.8, 4) is 0 Å². The summed E-state index contributed by atoms with van der Waals surface area (Å²) in [4.78, 5) is 1.33. The van der Waals surface area contributed by atoms with Crippen LogP contribution in [0.1, 0.15) is 12.0 Å². The zero-order chi connectivity index (χ0) is 15.5. The van der Waals surface area contributed by atoms with Crippen molar-refractivity contribution in [2.24, 2.45) is 0 Å². The van der Waals surface area contributed by atoms with E-state index >= 15 is 0 Å². The molecule has 2 N–H and O–H groups in total. The SMILES string of the molecule is S=C(NCCCSc1ccccc1)NCCc1ccccc1. The maximum absolute atomic E-state index is 5.28. The molecule has 2 aromatic carbocycles. The average Bonchev–Trinajstić information content (AvgIpc) is 2.56. The van der Waals surface area contributed by atoms with E-state index in [1.807, 2.05) is 23.9 Å². The highest BCUT2D eigenvalue weighted by molar-refractivity contribution is 7.99. The van der Waals surface area contributed by atoms with E-state index in [9.17, 15) is 0 Å². The molecule has 0 aliphatic carbocycles. The van der Waals surface area contributed by atoms with Crippen LogP contribution < -0.4 is 10.6 Å². The van der Waals surface area contributed by atoms with Crippen LogP contribution in [0.2, 0.25) is 0 Å². The monoisotopic (exact) mass is 330 g/mol. The number of hydrogen-bond acceptors (Lipinski definition) is 2. The first-order valence-corrected chi connectivity index (χ1v) is 8.97. The van der Waals surface area contributed by atoms with Gasteiger partial charge in [-0.15, -0.1) is 11.8 Å². The second-order valence-electron chi connectivity index (χ2n) is 4.93. The van der Waals surface area contributed by atoms with Crippen molar-refractivity contribution in [2.45, 2.75) is 17.7 Å². The largest absolute Gasteiger partial charge is 0.363 e. The van der Waals surface area contributed by atoms with Gasteiger partial charge in [0, 0.05) is 18.0 Å². The molecule has 116 valence electrons. The van der Waals surface area contributed by atoms with Gasteiger partial charge in [0.25, 0.3) is 0 Å². The molecule has 0 saturated heterocycles. The van der Waals surface area contributed by atoms with Gasteiger partial charge in [0.15, 0.2) is 5.11 Å². The number of nitrogens with one attached hydrogen (secondary N) is 2. The van der Waals surface area contributed by atoms with Crippen LogP contribution in [0.4, 0.5) is 0 Å². The summed E-state index contributed by atoms with van der Waals surface area (Å²) in [5.41, 5.74) is 1.33. The molecule has 0 aliphatic rings. The molecule has 0 atom stereocenters. The molecular formula is C18H22N2S2. The van der Waals surface area contributed by atoms with Crippen LogP contribution >= 0.6 is 24.0 Å².